The van der Waals surface area contributed by atoms with E-state index in [2.05, 4.69) is 20.6 Å². The zero-order valence-electron chi connectivity index (χ0n) is 11.8. The molecular formula is C13H22N4O2. The van der Waals surface area contributed by atoms with Gasteiger partial charge >= 0.3 is 0 Å². The van der Waals surface area contributed by atoms with E-state index in [0.717, 1.165) is 18.2 Å². The van der Waals surface area contributed by atoms with Gasteiger partial charge < -0.3 is 20.1 Å². The maximum absolute atomic E-state index is 5.08. The molecule has 106 valence electrons. The maximum Gasteiger partial charge on any atom is 0.213 e. The lowest BCUT2D eigenvalue weighted by Gasteiger charge is -2.10. The molecule has 1 aromatic rings. The van der Waals surface area contributed by atoms with Gasteiger partial charge in [-0.3, -0.25) is 0 Å². The first-order chi connectivity index (χ1) is 9.30. The molecule has 1 aromatic heterocycles. The van der Waals surface area contributed by atoms with Crippen molar-refractivity contribution in [3.8, 4) is 5.88 Å². The van der Waals surface area contributed by atoms with E-state index in [-0.39, 0.29) is 0 Å². The van der Waals surface area contributed by atoms with Crippen LogP contribution in [0.25, 0.3) is 0 Å². The minimum absolute atomic E-state index is 0.500. The molecule has 0 saturated heterocycles. The molecule has 0 aliphatic rings. The molecule has 0 bridgehead atoms. The minimum atomic E-state index is 0.500. The number of ether oxygens (including phenoxy) is 2. The van der Waals surface area contributed by atoms with Crippen molar-refractivity contribution in [2.24, 2.45) is 4.99 Å². The molecule has 0 amide bonds. The van der Waals surface area contributed by atoms with Crippen LogP contribution in [0.1, 0.15) is 12.6 Å². The van der Waals surface area contributed by atoms with Gasteiger partial charge in [0.15, 0.2) is 5.96 Å². The van der Waals surface area contributed by atoms with Crippen molar-refractivity contribution in [3.63, 3.8) is 0 Å². The molecule has 2 N–H and O–H groups in total. The quantitative estimate of drug-likeness (QED) is 0.434. The van der Waals surface area contributed by atoms with E-state index in [0.29, 0.717) is 25.6 Å². The van der Waals surface area contributed by atoms with E-state index >= 15 is 0 Å². The lowest BCUT2D eigenvalue weighted by atomic mass is 10.3. The summed E-state index contributed by atoms with van der Waals surface area (Å²) >= 11 is 0. The van der Waals surface area contributed by atoms with Crippen LogP contribution >= 0.6 is 0 Å². The summed E-state index contributed by atoms with van der Waals surface area (Å²) in [6, 6.07) is 5.64. The second kappa shape index (κ2) is 9.16. The molecule has 0 fully saturated rings. The van der Waals surface area contributed by atoms with Crippen LogP contribution in [0.3, 0.4) is 0 Å². The van der Waals surface area contributed by atoms with Gasteiger partial charge in [-0.25, -0.2) is 9.98 Å². The molecule has 0 spiro atoms. The van der Waals surface area contributed by atoms with Gasteiger partial charge in [-0.15, -0.1) is 0 Å². The van der Waals surface area contributed by atoms with E-state index in [1.807, 2.05) is 25.1 Å². The van der Waals surface area contributed by atoms with E-state index in [1.165, 1.54) is 0 Å². The average Bonchev–Trinajstić information content (AvgIpc) is 2.45. The Hall–Kier alpha value is -1.82. The Kier molecular flexibility index (Phi) is 7.34. The van der Waals surface area contributed by atoms with Crippen molar-refractivity contribution in [3.05, 3.63) is 23.9 Å². The molecule has 0 unspecified atom stereocenters. The second-order valence-electron chi connectivity index (χ2n) is 3.79. The first-order valence-corrected chi connectivity index (χ1v) is 6.31. The number of hydrogen-bond donors (Lipinski definition) is 2. The van der Waals surface area contributed by atoms with Crippen molar-refractivity contribution < 1.29 is 9.47 Å². The largest absolute Gasteiger partial charge is 0.481 e. The number of methoxy groups -OCH3 is 2. The van der Waals surface area contributed by atoms with Crippen molar-refractivity contribution in [1.82, 2.24) is 15.6 Å². The van der Waals surface area contributed by atoms with Gasteiger partial charge in [0.1, 0.15) is 0 Å². The molecule has 0 aliphatic carbocycles. The summed E-state index contributed by atoms with van der Waals surface area (Å²) in [5.41, 5.74) is 0.864. The SMILES string of the molecule is CCNC(=NCc1cccc(OC)n1)NCCOC. The first-order valence-electron chi connectivity index (χ1n) is 6.31. The minimum Gasteiger partial charge on any atom is -0.481 e. The Labute approximate surface area is 114 Å². The summed E-state index contributed by atoms with van der Waals surface area (Å²) < 4.78 is 10.1. The van der Waals surface area contributed by atoms with Gasteiger partial charge in [0.05, 0.1) is 26.0 Å². The summed E-state index contributed by atoms with van der Waals surface area (Å²) in [5.74, 6) is 1.36. The number of aliphatic imine (C=N–C) groups is 1. The molecule has 0 atom stereocenters. The summed E-state index contributed by atoms with van der Waals surface area (Å²) in [6.45, 7) is 4.69. The van der Waals surface area contributed by atoms with Crippen LogP contribution < -0.4 is 15.4 Å². The summed E-state index contributed by atoms with van der Waals surface area (Å²) in [6.07, 6.45) is 0. The van der Waals surface area contributed by atoms with E-state index in [9.17, 15) is 0 Å². The first kappa shape index (κ1) is 15.2. The lowest BCUT2D eigenvalue weighted by molar-refractivity contribution is 0.203. The Morgan fingerprint density at radius 1 is 1.32 bits per heavy atom. The second-order valence-corrected chi connectivity index (χ2v) is 3.79. The van der Waals surface area contributed by atoms with Crippen molar-refractivity contribution in [2.45, 2.75) is 13.5 Å². The predicted octanol–water partition coefficient (Wildman–Crippen LogP) is 0.792. The molecule has 6 heteroatoms. The number of guanidine groups is 1. The smallest absolute Gasteiger partial charge is 0.213 e. The van der Waals surface area contributed by atoms with Gasteiger partial charge in [-0.05, 0) is 13.0 Å². The highest BCUT2D eigenvalue weighted by Gasteiger charge is 1.99. The molecule has 0 aliphatic heterocycles. The average molecular weight is 266 g/mol. The van der Waals surface area contributed by atoms with Crippen molar-refractivity contribution in [2.75, 3.05) is 33.9 Å². The molecule has 1 heterocycles. The molecule has 6 nitrogen and oxygen atoms in total. The molecular weight excluding hydrogens is 244 g/mol. The van der Waals surface area contributed by atoms with E-state index in [4.69, 9.17) is 9.47 Å². The van der Waals surface area contributed by atoms with Gasteiger partial charge in [-0.1, -0.05) is 6.07 Å². The maximum atomic E-state index is 5.08. The van der Waals surface area contributed by atoms with Crippen LogP contribution in [0.5, 0.6) is 5.88 Å². The summed E-state index contributed by atoms with van der Waals surface area (Å²) in [4.78, 5) is 8.76. The number of rotatable bonds is 7. The van der Waals surface area contributed by atoms with Crippen molar-refractivity contribution in [1.29, 1.82) is 0 Å². The zero-order valence-corrected chi connectivity index (χ0v) is 11.8. The Bertz CT molecular complexity index is 396. The van der Waals surface area contributed by atoms with Crippen molar-refractivity contribution >= 4 is 5.96 Å². The highest BCUT2D eigenvalue weighted by molar-refractivity contribution is 5.79. The van der Waals surface area contributed by atoms with Gasteiger partial charge in [0, 0.05) is 26.3 Å². The highest BCUT2D eigenvalue weighted by Crippen LogP contribution is 2.07. The molecule has 0 aromatic carbocycles. The summed E-state index contributed by atoms with van der Waals surface area (Å²) in [7, 11) is 3.28. The van der Waals surface area contributed by atoms with Gasteiger partial charge in [0.2, 0.25) is 5.88 Å². The van der Waals surface area contributed by atoms with Crippen LogP contribution in [0.15, 0.2) is 23.2 Å². The van der Waals surface area contributed by atoms with Crippen LogP contribution in [0, 0.1) is 0 Å². The van der Waals surface area contributed by atoms with Gasteiger partial charge in [-0.2, -0.15) is 0 Å². The Morgan fingerprint density at radius 3 is 2.84 bits per heavy atom. The van der Waals surface area contributed by atoms with E-state index < -0.39 is 0 Å². The fourth-order valence-corrected chi connectivity index (χ4v) is 1.43. The number of nitrogens with zero attached hydrogens (tertiary/aromatic N) is 2. The topological polar surface area (TPSA) is 67.8 Å². The van der Waals surface area contributed by atoms with Crippen LogP contribution in [0.2, 0.25) is 0 Å². The lowest BCUT2D eigenvalue weighted by Crippen LogP contribution is -2.38. The number of hydrogen-bond acceptors (Lipinski definition) is 4. The molecule has 19 heavy (non-hydrogen) atoms. The molecule has 1 rings (SSSR count). The van der Waals surface area contributed by atoms with Crippen LogP contribution in [-0.4, -0.2) is 44.9 Å². The van der Waals surface area contributed by atoms with E-state index in [1.54, 1.807) is 14.2 Å². The fraction of sp³-hybridized carbons (Fsp3) is 0.538. The predicted molar refractivity (Wildman–Crippen MR) is 75.5 cm³/mol. The third kappa shape index (κ3) is 6.05. The van der Waals surface area contributed by atoms with Crippen LogP contribution in [0.4, 0.5) is 0 Å². The normalized spacial score (nSPS) is 11.2. The van der Waals surface area contributed by atoms with Crippen LogP contribution in [-0.2, 0) is 11.3 Å². The molecule has 0 radical (unpaired) electrons. The Balaban J connectivity index is 2.57. The number of pyridine rings is 1. The standard InChI is InChI=1S/C13H22N4O2/c1-4-14-13(15-8-9-18-2)16-10-11-6-5-7-12(17-11)19-3/h5-7H,4,8-10H2,1-3H3,(H2,14,15,16). The molecule has 0 saturated carbocycles. The Morgan fingerprint density at radius 2 is 2.16 bits per heavy atom. The number of nitrogens with one attached hydrogen (secondary N) is 2. The van der Waals surface area contributed by atoms with Gasteiger partial charge in [0.25, 0.3) is 0 Å². The highest BCUT2D eigenvalue weighted by atomic mass is 16.5. The fourth-order valence-electron chi connectivity index (χ4n) is 1.43. The monoisotopic (exact) mass is 266 g/mol. The summed E-state index contributed by atoms with van der Waals surface area (Å²) in [5, 5.41) is 6.34. The third-order valence-corrected chi connectivity index (χ3v) is 2.33. The third-order valence-electron chi connectivity index (χ3n) is 2.33. The number of aromatic nitrogens is 1. The zero-order chi connectivity index (χ0) is 13.9.